The van der Waals surface area contributed by atoms with E-state index in [1.807, 2.05) is 0 Å². The Kier molecular flexibility index (Phi) is 3.85. The molecule has 0 radical (unpaired) electrons. The molecule has 108 valence electrons. The monoisotopic (exact) mass is 294 g/mol. The van der Waals surface area contributed by atoms with Gasteiger partial charge < -0.3 is 15.4 Å². The molecule has 1 atom stereocenters. The van der Waals surface area contributed by atoms with Gasteiger partial charge in [-0.2, -0.15) is 0 Å². The minimum atomic E-state index is -0.136. The molecule has 20 heavy (non-hydrogen) atoms. The maximum Gasteiger partial charge on any atom is 0.319 e. The van der Waals surface area contributed by atoms with Gasteiger partial charge in [-0.15, -0.1) is 0 Å². The predicted octanol–water partition coefficient (Wildman–Crippen LogP) is 3.42. The topological polar surface area (TPSA) is 50.4 Å². The number of benzene rings is 1. The summed E-state index contributed by atoms with van der Waals surface area (Å²) in [6.07, 6.45) is 4.37. The third kappa shape index (κ3) is 2.76. The van der Waals surface area contributed by atoms with Gasteiger partial charge in [0, 0.05) is 30.0 Å². The Labute approximate surface area is 123 Å². The highest BCUT2D eigenvalue weighted by Gasteiger charge is 2.47. The SMILES string of the molecule is O=C(Nc1ccc(Cl)cc1)N[C@H]1CCC12CCOCC2. The molecule has 0 bridgehead atoms. The van der Waals surface area contributed by atoms with Crippen LogP contribution in [0.1, 0.15) is 25.7 Å². The average molecular weight is 295 g/mol. The maximum atomic E-state index is 12.0. The molecule has 0 unspecified atom stereocenters. The number of urea groups is 1. The lowest BCUT2D eigenvalue weighted by Gasteiger charge is -2.51. The van der Waals surface area contributed by atoms with Gasteiger partial charge in [0.25, 0.3) is 0 Å². The third-order valence-electron chi connectivity index (χ3n) is 4.57. The summed E-state index contributed by atoms with van der Waals surface area (Å²) in [5.41, 5.74) is 1.03. The first-order valence-electron chi connectivity index (χ1n) is 7.09. The molecule has 4 nitrogen and oxygen atoms in total. The average Bonchev–Trinajstić information content (AvgIpc) is 2.47. The normalized spacial score (nSPS) is 23.9. The van der Waals surface area contributed by atoms with Gasteiger partial charge in [0.2, 0.25) is 0 Å². The van der Waals surface area contributed by atoms with Crippen LogP contribution < -0.4 is 10.6 Å². The van der Waals surface area contributed by atoms with E-state index in [1.54, 1.807) is 24.3 Å². The van der Waals surface area contributed by atoms with Crippen LogP contribution in [-0.2, 0) is 4.74 Å². The molecule has 1 aliphatic carbocycles. The van der Waals surface area contributed by atoms with E-state index < -0.39 is 0 Å². The highest BCUT2D eigenvalue weighted by Crippen LogP contribution is 2.48. The fraction of sp³-hybridized carbons (Fsp3) is 0.533. The summed E-state index contributed by atoms with van der Waals surface area (Å²) in [6.45, 7) is 1.63. The van der Waals surface area contributed by atoms with Crippen molar-refractivity contribution in [3.8, 4) is 0 Å². The molecule has 1 aliphatic heterocycles. The van der Waals surface area contributed by atoms with Crippen molar-refractivity contribution < 1.29 is 9.53 Å². The van der Waals surface area contributed by atoms with Crippen molar-refractivity contribution in [3.63, 3.8) is 0 Å². The summed E-state index contributed by atoms with van der Waals surface area (Å²) < 4.78 is 5.42. The van der Waals surface area contributed by atoms with E-state index in [0.29, 0.717) is 5.02 Å². The van der Waals surface area contributed by atoms with E-state index in [-0.39, 0.29) is 17.5 Å². The lowest BCUT2D eigenvalue weighted by molar-refractivity contribution is -0.0507. The van der Waals surface area contributed by atoms with Crippen LogP contribution in [0.4, 0.5) is 10.5 Å². The molecular weight excluding hydrogens is 276 g/mol. The van der Waals surface area contributed by atoms with Crippen molar-refractivity contribution in [1.29, 1.82) is 0 Å². The van der Waals surface area contributed by atoms with E-state index in [9.17, 15) is 4.79 Å². The second kappa shape index (κ2) is 5.62. The Hall–Kier alpha value is -1.26. The molecule has 1 aromatic rings. The van der Waals surface area contributed by atoms with Crippen LogP contribution in [0.25, 0.3) is 0 Å². The molecule has 0 aromatic heterocycles. The number of anilines is 1. The van der Waals surface area contributed by atoms with Crippen LogP contribution in [0.15, 0.2) is 24.3 Å². The lowest BCUT2D eigenvalue weighted by Crippen LogP contribution is -2.57. The lowest BCUT2D eigenvalue weighted by atomic mass is 9.60. The Morgan fingerprint density at radius 3 is 2.50 bits per heavy atom. The molecule has 1 spiro atoms. The zero-order valence-electron chi connectivity index (χ0n) is 11.3. The minimum absolute atomic E-state index is 0.136. The first-order chi connectivity index (χ1) is 9.68. The zero-order chi connectivity index (χ0) is 14.0. The van der Waals surface area contributed by atoms with E-state index in [4.69, 9.17) is 16.3 Å². The highest BCUT2D eigenvalue weighted by atomic mass is 35.5. The second-order valence-electron chi connectivity index (χ2n) is 5.67. The van der Waals surface area contributed by atoms with Gasteiger partial charge in [-0.1, -0.05) is 11.6 Å². The molecule has 5 heteroatoms. The minimum Gasteiger partial charge on any atom is -0.381 e. The van der Waals surface area contributed by atoms with Crippen LogP contribution in [0.2, 0.25) is 5.02 Å². The summed E-state index contributed by atoms with van der Waals surface area (Å²) in [5.74, 6) is 0. The van der Waals surface area contributed by atoms with Crippen LogP contribution in [-0.4, -0.2) is 25.3 Å². The summed E-state index contributed by atoms with van der Waals surface area (Å²) >= 11 is 5.82. The van der Waals surface area contributed by atoms with Crippen molar-refractivity contribution in [2.45, 2.75) is 31.7 Å². The quantitative estimate of drug-likeness (QED) is 0.878. The van der Waals surface area contributed by atoms with Crippen molar-refractivity contribution >= 4 is 23.3 Å². The first kappa shape index (κ1) is 13.7. The zero-order valence-corrected chi connectivity index (χ0v) is 12.1. The molecule has 3 rings (SSSR count). The Bertz CT molecular complexity index is 483. The number of ether oxygens (including phenoxy) is 1. The van der Waals surface area contributed by atoms with Crippen LogP contribution >= 0.6 is 11.6 Å². The molecule has 1 aromatic carbocycles. The Morgan fingerprint density at radius 2 is 1.90 bits per heavy atom. The van der Waals surface area contributed by atoms with E-state index in [0.717, 1.165) is 38.2 Å². The summed E-state index contributed by atoms with van der Waals surface area (Å²) in [6, 6.07) is 7.27. The second-order valence-corrected chi connectivity index (χ2v) is 6.11. The summed E-state index contributed by atoms with van der Waals surface area (Å²) in [5, 5.41) is 6.61. The van der Waals surface area contributed by atoms with Crippen LogP contribution in [0.3, 0.4) is 0 Å². The third-order valence-corrected chi connectivity index (χ3v) is 4.82. The smallest absolute Gasteiger partial charge is 0.319 e. The number of hydrogen-bond acceptors (Lipinski definition) is 2. The van der Waals surface area contributed by atoms with Gasteiger partial charge in [-0.25, -0.2) is 4.79 Å². The van der Waals surface area contributed by atoms with Gasteiger partial charge >= 0.3 is 6.03 Å². The maximum absolute atomic E-state index is 12.0. The fourth-order valence-corrected chi connectivity index (χ4v) is 3.28. The number of nitrogens with one attached hydrogen (secondary N) is 2. The van der Waals surface area contributed by atoms with Crippen molar-refractivity contribution in [1.82, 2.24) is 5.32 Å². The number of carbonyl (C=O) groups excluding carboxylic acids is 1. The number of rotatable bonds is 2. The molecule has 1 saturated heterocycles. The fourth-order valence-electron chi connectivity index (χ4n) is 3.16. The Morgan fingerprint density at radius 1 is 1.20 bits per heavy atom. The van der Waals surface area contributed by atoms with Crippen LogP contribution in [0.5, 0.6) is 0 Å². The standard InChI is InChI=1S/C15H19ClN2O2/c16-11-1-3-12(4-2-11)17-14(19)18-13-5-6-15(13)7-9-20-10-8-15/h1-4,13H,5-10H2,(H2,17,18,19)/t13-/m0/s1. The van der Waals surface area contributed by atoms with E-state index >= 15 is 0 Å². The molecule has 2 aliphatic rings. The number of halogens is 1. The van der Waals surface area contributed by atoms with E-state index in [2.05, 4.69) is 10.6 Å². The van der Waals surface area contributed by atoms with E-state index in [1.165, 1.54) is 6.42 Å². The van der Waals surface area contributed by atoms with Gasteiger partial charge in [0.05, 0.1) is 0 Å². The van der Waals surface area contributed by atoms with Gasteiger partial charge in [0.1, 0.15) is 0 Å². The van der Waals surface area contributed by atoms with Crippen LogP contribution in [0, 0.1) is 5.41 Å². The van der Waals surface area contributed by atoms with Crippen molar-refractivity contribution in [2.24, 2.45) is 5.41 Å². The summed E-state index contributed by atoms with van der Waals surface area (Å²) in [7, 11) is 0. The molecular formula is C15H19ClN2O2. The molecule has 2 amide bonds. The predicted molar refractivity (Wildman–Crippen MR) is 79.1 cm³/mol. The molecule has 2 fully saturated rings. The highest BCUT2D eigenvalue weighted by molar-refractivity contribution is 6.30. The number of carbonyl (C=O) groups is 1. The number of hydrogen-bond donors (Lipinski definition) is 2. The first-order valence-corrected chi connectivity index (χ1v) is 7.47. The molecule has 2 N–H and O–H groups in total. The molecule has 1 saturated carbocycles. The summed E-state index contributed by atoms with van der Waals surface area (Å²) in [4.78, 5) is 12.0. The Balaban J connectivity index is 1.55. The van der Waals surface area contributed by atoms with Crippen molar-refractivity contribution in [3.05, 3.63) is 29.3 Å². The number of amides is 2. The van der Waals surface area contributed by atoms with Gasteiger partial charge in [0.15, 0.2) is 0 Å². The largest absolute Gasteiger partial charge is 0.381 e. The van der Waals surface area contributed by atoms with Gasteiger partial charge in [-0.05, 0) is 55.4 Å². The van der Waals surface area contributed by atoms with Gasteiger partial charge in [-0.3, -0.25) is 0 Å². The van der Waals surface area contributed by atoms with Crippen molar-refractivity contribution in [2.75, 3.05) is 18.5 Å². The molecule has 1 heterocycles.